The average Bonchev–Trinajstić information content (AvgIpc) is 1.37. The Kier molecular flexibility index (Phi) is 16.4. The van der Waals surface area contributed by atoms with Gasteiger partial charge in [-0.2, -0.15) is 0 Å². The Morgan fingerprint density at radius 1 is 0.175 bits per heavy atom. The molecule has 0 saturated heterocycles. The first-order valence-electron chi connectivity index (χ1n) is 44.0. The average molecular weight is 1610 g/mol. The fraction of sp³-hybridized carbons (Fsp3) is 0.0492. The summed E-state index contributed by atoms with van der Waals surface area (Å²) in [6.07, 6.45) is 0. The van der Waals surface area contributed by atoms with E-state index in [1.54, 1.807) is 0 Å². The molecule has 0 radical (unpaired) electrons. The van der Waals surface area contributed by atoms with Gasteiger partial charge in [0.15, 0.2) is 0 Å². The van der Waals surface area contributed by atoms with E-state index in [-0.39, 0.29) is 10.8 Å². The first kappa shape index (κ1) is 72.9. The molecule has 4 nitrogen and oxygen atoms in total. The van der Waals surface area contributed by atoms with Gasteiger partial charge in [-0.3, -0.25) is 0 Å². The number of hydrogen-bond acceptors (Lipinski definition) is 2. The van der Waals surface area contributed by atoms with E-state index in [2.05, 4.69) is 483 Å². The summed E-state index contributed by atoms with van der Waals surface area (Å²) in [7, 11) is 0. The van der Waals surface area contributed by atoms with Gasteiger partial charge in [0, 0.05) is 77.9 Å². The summed E-state index contributed by atoms with van der Waals surface area (Å²) in [6, 6.07) is 162. The van der Waals surface area contributed by atoms with Crippen LogP contribution in [0.2, 0.25) is 0 Å². The first-order chi connectivity index (χ1) is 62.0. The molecular weight excluding hydrogens is 1520 g/mol. The van der Waals surface area contributed by atoms with E-state index in [1.165, 1.54) is 220 Å². The smallest absolute Gasteiger partial charge is 0.0553 e. The first-order valence-corrected chi connectivity index (χ1v) is 44.0. The second-order valence-electron chi connectivity index (χ2n) is 35.4. The third-order valence-corrected chi connectivity index (χ3v) is 27.9. The van der Waals surface area contributed by atoms with E-state index in [1.807, 2.05) is 0 Å². The van der Waals surface area contributed by atoms with Gasteiger partial charge in [0.25, 0.3) is 0 Å². The molecule has 0 spiro atoms. The van der Waals surface area contributed by atoms with Gasteiger partial charge in [-0.25, -0.2) is 0 Å². The molecule has 0 aliphatic heterocycles. The van der Waals surface area contributed by atoms with Crippen molar-refractivity contribution in [2.75, 3.05) is 9.80 Å². The highest BCUT2D eigenvalue weighted by Gasteiger charge is 2.38. The fourth-order valence-electron chi connectivity index (χ4n) is 21.9. The van der Waals surface area contributed by atoms with Crippen LogP contribution in [0.25, 0.3) is 186 Å². The molecule has 2 aliphatic rings. The van der Waals surface area contributed by atoms with Gasteiger partial charge in [-0.1, -0.05) is 343 Å². The lowest BCUT2D eigenvalue weighted by atomic mass is 9.82. The molecule has 24 aromatic rings. The number of aromatic nitrogens is 2. The molecular formula is C122H84N4. The van der Waals surface area contributed by atoms with Crippen LogP contribution in [-0.2, 0) is 10.8 Å². The zero-order valence-electron chi connectivity index (χ0n) is 70.4. The summed E-state index contributed by atoms with van der Waals surface area (Å²) in [5.41, 5.74) is 34.4. The van der Waals surface area contributed by atoms with Crippen LogP contribution in [-0.4, -0.2) is 9.13 Å². The standard InChI is InChI=1S/C64H46N2.C58H38N2/c1-63(2)54-19-11-8-16-47(54)49-34-29-44(37-56(49)63)65(45-30-35-50-48-17-9-12-20-55(48)64(3,4)57(50)38-45)43-27-22-39(23-28-43)46-31-24-40-25-33-53-61-41(26-32-51(46)60(40)61)36-59-62(53)52-18-10-13-21-58(52)66(59)42-14-6-5-7-15-42;1-4-12-39(13-5-1)41-20-29-47(30-21-41)59(48-31-22-42(23-32-48)40-14-6-2-7-15-40)49-33-24-43(25-34-49)50-35-26-44-27-37-53-57-45(28-36-51(50)56(44)57)38-55-58(53)52-18-10-11-19-54(52)60(55)46-16-8-3-9-17-46/h5-38H,1-4H3;1-38H. The van der Waals surface area contributed by atoms with E-state index in [0.717, 1.165) is 22.7 Å². The molecule has 22 aromatic carbocycles. The highest BCUT2D eigenvalue weighted by Crippen LogP contribution is 2.56. The van der Waals surface area contributed by atoms with Crippen molar-refractivity contribution < 1.29 is 0 Å². The van der Waals surface area contributed by atoms with Gasteiger partial charge in [-0.05, 0) is 275 Å². The number of hydrogen-bond donors (Lipinski definition) is 0. The van der Waals surface area contributed by atoms with Crippen molar-refractivity contribution >= 4 is 142 Å². The Morgan fingerprint density at radius 3 is 0.865 bits per heavy atom. The SMILES string of the molecule is CC1(C)c2ccccc2-c2ccc(N(c3ccc(-c4ccc5ccc6c7c(ccc4c57)cc4c6c5ccccc5n4-c4ccccc4)cc3)c3ccc4c(c3)C(C)(C)c3ccccc3-4)cc21.c1ccc(-c2ccc(N(c3ccc(-c4ccccc4)cc3)c3ccc(-c4ccc5ccc6c7c(ccc4c57)cc4c6c5ccccc5n4-c4ccccc4)cc3)cc2)cc1. The summed E-state index contributed by atoms with van der Waals surface area (Å²) in [5.74, 6) is 0. The lowest BCUT2D eigenvalue weighted by Gasteiger charge is -2.30. The predicted molar refractivity (Wildman–Crippen MR) is 535 cm³/mol. The van der Waals surface area contributed by atoms with Crippen molar-refractivity contribution in [2.24, 2.45) is 0 Å². The van der Waals surface area contributed by atoms with Gasteiger partial charge in [0.1, 0.15) is 0 Å². The molecule has 0 fully saturated rings. The molecule has 26 rings (SSSR count). The lowest BCUT2D eigenvalue weighted by molar-refractivity contribution is 0.660. The number of rotatable bonds is 12. The molecule has 0 amide bonds. The lowest BCUT2D eigenvalue weighted by Crippen LogP contribution is -2.18. The molecule has 2 aliphatic carbocycles. The normalized spacial score (nSPS) is 13.0. The van der Waals surface area contributed by atoms with Crippen LogP contribution in [0, 0.1) is 0 Å². The van der Waals surface area contributed by atoms with Gasteiger partial charge in [0.05, 0.1) is 22.1 Å². The van der Waals surface area contributed by atoms with Crippen LogP contribution >= 0.6 is 0 Å². The van der Waals surface area contributed by atoms with Crippen LogP contribution in [0.5, 0.6) is 0 Å². The minimum Gasteiger partial charge on any atom is -0.311 e. The van der Waals surface area contributed by atoms with E-state index >= 15 is 0 Å². The maximum absolute atomic E-state index is 2.48. The molecule has 0 saturated carbocycles. The van der Waals surface area contributed by atoms with Crippen molar-refractivity contribution in [3.63, 3.8) is 0 Å². The summed E-state index contributed by atoms with van der Waals surface area (Å²) in [6.45, 7) is 9.49. The zero-order chi connectivity index (χ0) is 83.6. The number of anilines is 6. The van der Waals surface area contributed by atoms with Crippen molar-refractivity contribution in [1.29, 1.82) is 0 Å². The predicted octanol–water partition coefficient (Wildman–Crippen LogP) is 33.6. The summed E-state index contributed by atoms with van der Waals surface area (Å²) >= 11 is 0. The van der Waals surface area contributed by atoms with Crippen LogP contribution in [0.3, 0.4) is 0 Å². The summed E-state index contributed by atoms with van der Waals surface area (Å²) in [4.78, 5) is 4.83. The van der Waals surface area contributed by atoms with Crippen molar-refractivity contribution in [3.05, 3.63) is 459 Å². The summed E-state index contributed by atoms with van der Waals surface area (Å²) in [5, 5.41) is 20.7. The van der Waals surface area contributed by atoms with Crippen LogP contribution in [0.4, 0.5) is 34.1 Å². The van der Waals surface area contributed by atoms with Gasteiger partial charge in [-0.15, -0.1) is 0 Å². The van der Waals surface area contributed by atoms with Crippen LogP contribution in [0.15, 0.2) is 437 Å². The highest BCUT2D eigenvalue weighted by atomic mass is 15.1. The van der Waals surface area contributed by atoms with E-state index in [0.29, 0.717) is 0 Å². The molecule has 2 aromatic heterocycles. The molecule has 0 bridgehead atoms. The topological polar surface area (TPSA) is 16.3 Å². The van der Waals surface area contributed by atoms with Crippen molar-refractivity contribution in [3.8, 4) is 78.1 Å². The Labute approximate surface area is 731 Å². The van der Waals surface area contributed by atoms with E-state index in [9.17, 15) is 0 Å². The van der Waals surface area contributed by atoms with Crippen molar-refractivity contribution in [2.45, 2.75) is 38.5 Å². The Bertz CT molecular complexity index is 8260. The minimum absolute atomic E-state index is 0.112. The van der Waals surface area contributed by atoms with Gasteiger partial charge in [0.2, 0.25) is 0 Å². The Hall–Kier alpha value is -15.9. The van der Waals surface area contributed by atoms with E-state index in [4.69, 9.17) is 0 Å². The molecule has 0 N–H and O–H groups in total. The van der Waals surface area contributed by atoms with Gasteiger partial charge >= 0.3 is 0 Å². The van der Waals surface area contributed by atoms with E-state index < -0.39 is 0 Å². The molecule has 592 valence electrons. The highest BCUT2D eigenvalue weighted by molar-refractivity contribution is 6.36. The molecule has 0 unspecified atom stereocenters. The second-order valence-corrected chi connectivity index (χ2v) is 35.4. The Balaban J connectivity index is 0.000000138. The minimum atomic E-state index is -0.112. The quantitative estimate of drug-likeness (QED) is 0.113. The maximum Gasteiger partial charge on any atom is 0.0553 e. The molecule has 126 heavy (non-hydrogen) atoms. The van der Waals surface area contributed by atoms with Gasteiger partial charge < -0.3 is 18.9 Å². The number of para-hydroxylation sites is 4. The maximum atomic E-state index is 2.48. The number of nitrogens with zero attached hydrogens (tertiary/aromatic N) is 4. The monoisotopic (exact) mass is 1600 g/mol. The van der Waals surface area contributed by atoms with Crippen LogP contribution in [0.1, 0.15) is 49.9 Å². The second kappa shape index (κ2) is 28.4. The van der Waals surface area contributed by atoms with Crippen molar-refractivity contribution in [1.82, 2.24) is 9.13 Å². The zero-order valence-corrected chi connectivity index (χ0v) is 70.4. The fourth-order valence-corrected chi connectivity index (χ4v) is 21.9. The molecule has 4 heteroatoms. The molecule has 2 heterocycles. The third-order valence-electron chi connectivity index (χ3n) is 27.9. The summed E-state index contributed by atoms with van der Waals surface area (Å²) < 4.78 is 4.85. The largest absolute Gasteiger partial charge is 0.311 e. The molecule has 0 atom stereocenters. The van der Waals surface area contributed by atoms with Crippen LogP contribution < -0.4 is 9.80 Å². The third kappa shape index (κ3) is 11.2. The number of fused-ring (bicyclic) bond motifs is 14. The Morgan fingerprint density at radius 2 is 0.460 bits per heavy atom. The number of benzene rings is 22.